The van der Waals surface area contributed by atoms with Crippen LogP contribution in [0.3, 0.4) is 0 Å². The molecule has 1 aliphatic heterocycles. The van der Waals surface area contributed by atoms with Crippen molar-refractivity contribution >= 4 is 58.0 Å². The third-order valence-electron chi connectivity index (χ3n) is 4.17. The van der Waals surface area contributed by atoms with Crippen molar-refractivity contribution in [2.75, 3.05) is 16.8 Å². The summed E-state index contributed by atoms with van der Waals surface area (Å²) in [5, 5.41) is 3.97. The highest BCUT2D eigenvalue weighted by molar-refractivity contribution is 6.44. The Morgan fingerprint density at radius 1 is 1.16 bits per heavy atom. The molecule has 1 atom stereocenters. The van der Waals surface area contributed by atoms with E-state index in [4.69, 9.17) is 34.8 Å². The van der Waals surface area contributed by atoms with Crippen molar-refractivity contribution < 1.29 is 9.59 Å². The topological polar surface area (TPSA) is 49.4 Å². The zero-order valence-electron chi connectivity index (χ0n) is 13.4. The molecule has 0 aliphatic carbocycles. The van der Waals surface area contributed by atoms with Crippen LogP contribution in [0, 0.1) is 12.8 Å². The van der Waals surface area contributed by atoms with Gasteiger partial charge in [-0.15, -0.1) is 0 Å². The fourth-order valence-electron chi connectivity index (χ4n) is 2.72. The van der Waals surface area contributed by atoms with Crippen molar-refractivity contribution in [1.82, 2.24) is 0 Å². The van der Waals surface area contributed by atoms with Gasteiger partial charge in [0.1, 0.15) is 0 Å². The Bertz CT molecular complexity index is 854. The van der Waals surface area contributed by atoms with Crippen LogP contribution in [0.5, 0.6) is 0 Å². The molecular weight excluding hydrogens is 383 g/mol. The zero-order valence-corrected chi connectivity index (χ0v) is 15.6. The maximum atomic E-state index is 12.5. The molecule has 25 heavy (non-hydrogen) atoms. The van der Waals surface area contributed by atoms with Gasteiger partial charge < -0.3 is 10.2 Å². The van der Waals surface area contributed by atoms with Gasteiger partial charge in [-0.2, -0.15) is 0 Å². The lowest BCUT2D eigenvalue weighted by molar-refractivity contribution is -0.122. The largest absolute Gasteiger partial charge is 0.324 e. The molecule has 1 saturated heterocycles. The molecule has 0 radical (unpaired) electrons. The molecule has 0 bridgehead atoms. The van der Waals surface area contributed by atoms with E-state index >= 15 is 0 Å². The fraction of sp³-hybridized carbons (Fsp3) is 0.222. The van der Waals surface area contributed by atoms with E-state index in [2.05, 4.69) is 5.32 Å². The van der Waals surface area contributed by atoms with E-state index in [1.165, 1.54) is 0 Å². The Morgan fingerprint density at radius 3 is 2.64 bits per heavy atom. The molecule has 7 heteroatoms. The summed E-state index contributed by atoms with van der Waals surface area (Å²) < 4.78 is 0. The first-order valence-electron chi connectivity index (χ1n) is 7.68. The van der Waals surface area contributed by atoms with Crippen LogP contribution in [0.15, 0.2) is 36.4 Å². The van der Waals surface area contributed by atoms with Gasteiger partial charge in [-0.05, 0) is 36.8 Å². The summed E-state index contributed by atoms with van der Waals surface area (Å²) in [5.74, 6) is -0.849. The van der Waals surface area contributed by atoms with Crippen LogP contribution in [0.4, 0.5) is 11.4 Å². The highest BCUT2D eigenvalue weighted by Crippen LogP contribution is 2.32. The Kier molecular flexibility index (Phi) is 5.23. The molecule has 0 spiro atoms. The van der Waals surface area contributed by atoms with Crippen LogP contribution in [-0.4, -0.2) is 18.4 Å². The van der Waals surface area contributed by atoms with Crippen molar-refractivity contribution in [1.29, 1.82) is 0 Å². The SMILES string of the molecule is Cc1ccc(N2C[C@H](C(=O)Nc3cccc(Cl)c3Cl)CC2=O)cc1Cl. The number of benzene rings is 2. The number of carbonyl (C=O) groups is 2. The molecular formula is C18H15Cl3N2O2. The third-order valence-corrected chi connectivity index (χ3v) is 5.40. The van der Waals surface area contributed by atoms with E-state index in [0.29, 0.717) is 28.0 Å². The van der Waals surface area contributed by atoms with E-state index in [-0.39, 0.29) is 23.3 Å². The molecule has 2 aromatic rings. The van der Waals surface area contributed by atoms with Gasteiger partial charge in [0.05, 0.1) is 21.7 Å². The Morgan fingerprint density at radius 2 is 1.92 bits per heavy atom. The maximum absolute atomic E-state index is 12.5. The van der Waals surface area contributed by atoms with Crippen LogP contribution < -0.4 is 10.2 Å². The third kappa shape index (κ3) is 3.76. The number of amides is 2. The second-order valence-corrected chi connectivity index (χ2v) is 7.12. The van der Waals surface area contributed by atoms with Gasteiger partial charge >= 0.3 is 0 Å². The number of hydrogen-bond donors (Lipinski definition) is 1. The molecule has 2 aromatic carbocycles. The molecule has 130 valence electrons. The van der Waals surface area contributed by atoms with Gasteiger partial charge in [0.2, 0.25) is 11.8 Å². The minimum atomic E-state index is -0.470. The van der Waals surface area contributed by atoms with Crippen molar-refractivity contribution in [3.63, 3.8) is 0 Å². The fourth-order valence-corrected chi connectivity index (χ4v) is 3.24. The van der Waals surface area contributed by atoms with E-state index in [0.717, 1.165) is 5.56 Å². The monoisotopic (exact) mass is 396 g/mol. The first-order chi connectivity index (χ1) is 11.9. The summed E-state index contributed by atoms with van der Waals surface area (Å²) in [5.41, 5.74) is 2.06. The lowest BCUT2D eigenvalue weighted by atomic mass is 10.1. The molecule has 0 saturated carbocycles. The van der Waals surface area contributed by atoms with Gasteiger partial charge in [-0.25, -0.2) is 0 Å². The number of nitrogens with zero attached hydrogens (tertiary/aromatic N) is 1. The predicted octanol–water partition coefficient (Wildman–Crippen LogP) is 4.95. The maximum Gasteiger partial charge on any atom is 0.229 e. The standard InChI is InChI=1S/C18H15Cl3N2O2/c1-10-5-6-12(8-14(10)20)23-9-11(7-16(23)24)18(25)22-15-4-2-3-13(19)17(15)21/h2-6,8,11H,7,9H2,1H3,(H,22,25)/t11-/m1/s1. The summed E-state index contributed by atoms with van der Waals surface area (Å²) in [6, 6.07) is 10.4. The summed E-state index contributed by atoms with van der Waals surface area (Å²) in [7, 11) is 0. The minimum Gasteiger partial charge on any atom is -0.324 e. The average Bonchev–Trinajstić information content (AvgIpc) is 2.96. The number of halogens is 3. The highest BCUT2D eigenvalue weighted by Gasteiger charge is 2.35. The van der Waals surface area contributed by atoms with Gasteiger partial charge in [-0.3, -0.25) is 9.59 Å². The average molecular weight is 398 g/mol. The molecule has 0 aromatic heterocycles. The second-order valence-electron chi connectivity index (χ2n) is 5.93. The molecule has 1 aliphatic rings. The van der Waals surface area contributed by atoms with Crippen molar-refractivity contribution in [3.05, 3.63) is 57.0 Å². The molecule has 3 rings (SSSR count). The molecule has 1 heterocycles. The number of rotatable bonds is 3. The number of carbonyl (C=O) groups excluding carboxylic acids is 2. The summed E-state index contributed by atoms with van der Waals surface area (Å²) in [6.07, 6.45) is 0.134. The summed E-state index contributed by atoms with van der Waals surface area (Å²) >= 11 is 18.2. The predicted molar refractivity (Wildman–Crippen MR) is 102 cm³/mol. The van der Waals surface area contributed by atoms with Crippen molar-refractivity contribution in [2.24, 2.45) is 5.92 Å². The van der Waals surface area contributed by atoms with Crippen LogP contribution in [-0.2, 0) is 9.59 Å². The Hall–Kier alpha value is -1.75. The minimum absolute atomic E-state index is 0.114. The van der Waals surface area contributed by atoms with Crippen molar-refractivity contribution in [2.45, 2.75) is 13.3 Å². The van der Waals surface area contributed by atoms with E-state index < -0.39 is 5.92 Å². The van der Waals surface area contributed by atoms with E-state index in [1.807, 2.05) is 19.1 Å². The Balaban J connectivity index is 1.74. The smallest absolute Gasteiger partial charge is 0.229 e. The second kappa shape index (κ2) is 7.24. The number of hydrogen-bond acceptors (Lipinski definition) is 2. The van der Waals surface area contributed by atoms with Crippen LogP contribution >= 0.6 is 34.8 Å². The number of aryl methyl sites for hydroxylation is 1. The molecule has 2 amide bonds. The van der Waals surface area contributed by atoms with Gasteiger partial charge in [-0.1, -0.05) is 46.9 Å². The highest BCUT2D eigenvalue weighted by atomic mass is 35.5. The molecule has 1 N–H and O–H groups in total. The summed E-state index contributed by atoms with van der Waals surface area (Å²) in [4.78, 5) is 26.4. The van der Waals surface area contributed by atoms with E-state index in [9.17, 15) is 9.59 Å². The van der Waals surface area contributed by atoms with Gasteiger partial charge in [0.25, 0.3) is 0 Å². The number of anilines is 2. The van der Waals surface area contributed by atoms with Crippen molar-refractivity contribution in [3.8, 4) is 0 Å². The first kappa shape index (κ1) is 18.1. The van der Waals surface area contributed by atoms with Gasteiger partial charge in [0.15, 0.2) is 0 Å². The lowest BCUT2D eigenvalue weighted by Crippen LogP contribution is -2.28. The lowest BCUT2D eigenvalue weighted by Gasteiger charge is -2.17. The quantitative estimate of drug-likeness (QED) is 0.797. The summed E-state index contributed by atoms with van der Waals surface area (Å²) in [6.45, 7) is 2.19. The van der Waals surface area contributed by atoms with Crippen LogP contribution in [0.2, 0.25) is 15.1 Å². The van der Waals surface area contributed by atoms with Crippen LogP contribution in [0.25, 0.3) is 0 Å². The van der Waals surface area contributed by atoms with Gasteiger partial charge in [0, 0.05) is 23.7 Å². The number of nitrogens with one attached hydrogen (secondary N) is 1. The molecule has 1 fully saturated rings. The van der Waals surface area contributed by atoms with Crippen LogP contribution in [0.1, 0.15) is 12.0 Å². The van der Waals surface area contributed by atoms with E-state index in [1.54, 1.807) is 29.2 Å². The Labute approximate surface area is 160 Å². The molecule has 4 nitrogen and oxygen atoms in total. The normalized spacial score (nSPS) is 17.0. The zero-order chi connectivity index (χ0) is 18.1. The first-order valence-corrected chi connectivity index (χ1v) is 8.81. The molecule has 0 unspecified atom stereocenters.